The molecule has 0 atom stereocenters. The third-order valence-electron chi connectivity index (χ3n) is 2.54. The molecule has 0 aliphatic carbocycles. The van der Waals surface area contributed by atoms with Gasteiger partial charge in [-0.15, -0.1) is 11.8 Å². The first-order valence-electron chi connectivity index (χ1n) is 4.93. The molecule has 1 aromatic carbocycles. The number of aromatic nitrogens is 4. The highest BCUT2D eigenvalue weighted by Crippen LogP contribution is 2.31. The van der Waals surface area contributed by atoms with Crippen molar-refractivity contribution in [2.24, 2.45) is 0 Å². The number of benzene rings is 1. The Labute approximate surface area is 96.5 Å². The first kappa shape index (κ1) is 9.59. The zero-order chi connectivity index (χ0) is 11.1. The maximum absolute atomic E-state index is 4.49. The van der Waals surface area contributed by atoms with Gasteiger partial charge in [-0.25, -0.2) is 15.0 Å². The summed E-state index contributed by atoms with van der Waals surface area (Å²) in [7, 11) is 0. The fraction of sp³-hybridized carbons (Fsp3) is 0.182. The summed E-state index contributed by atoms with van der Waals surface area (Å²) >= 11 is 1.67. The number of rotatable bonds is 1. The van der Waals surface area contributed by atoms with Gasteiger partial charge in [0.25, 0.3) is 0 Å². The highest BCUT2D eigenvalue weighted by molar-refractivity contribution is 7.99. The molecule has 0 aliphatic heterocycles. The lowest BCUT2D eigenvalue weighted by Crippen LogP contribution is -1.90. The molecule has 16 heavy (non-hydrogen) atoms. The summed E-state index contributed by atoms with van der Waals surface area (Å²) in [5, 5.41) is 1.05. The van der Waals surface area contributed by atoms with Crippen LogP contribution in [0, 0.1) is 6.92 Å². The van der Waals surface area contributed by atoms with Crippen molar-refractivity contribution in [2.45, 2.75) is 11.8 Å². The van der Waals surface area contributed by atoms with Crippen LogP contribution in [0.3, 0.4) is 0 Å². The monoisotopic (exact) mass is 230 g/mol. The van der Waals surface area contributed by atoms with E-state index in [1.165, 1.54) is 0 Å². The molecule has 1 N–H and O–H groups in total. The third kappa shape index (κ3) is 1.28. The van der Waals surface area contributed by atoms with Gasteiger partial charge in [-0.1, -0.05) is 0 Å². The van der Waals surface area contributed by atoms with Crippen molar-refractivity contribution in [1.29, 1.82) is 0 Å². The zero-order valence-electron chi connectivity index (χ0n) is 8.98. The van der Waals surface area contributed by atoms with Gasteiger partial charge in [0, 0.05) is 11.6 Å². The fourth-order valence-corrected chi connectivity index (χ4v) is 2.54. The number of H-pyrrole nitrogens is 1. The highest BCUT2D eigenvalue weighted by Gasteiger charge is 2.10. The maximum Gasteiger partial charge on any atom is 0.125 e. The van der Waals surface area contributed by atoms with Crippen molar-refractivity contribution in [3.63, 3.8) is 0 Å². The van der Waals surface area contributed by atoms with Crippen LogP contribution in [0.2, 0.25) is 0 Å². The molecule has 0 aliphatic rings. The number of hydrogen-bond acceptors (Lipinski definition) is 4. The first-order chi connectivity index (χ1) is 7.79. The Balaban J connectivity index is 2.55. The zero-order valence-corrected chi connectivity index (χ0v) is 9.80. The SMILES string of the molecule is CSc1c2nc(C)ncc2cc2[nH]cnc12. The lowest BCUT2D eigenvalue weighted by molar-refractivity contribution is 1.08. The summed E-state index contributed by atoms with van der Waals surface area (Å²) in [4.78, 5) is 17.3. The number of nitrogens with zero attached hydrogens (tertiary/aromatic N) is 3. The quantitative estimate of drug-likeness (QED) is 0.653. The molecule has 0 amide bonds. The smallest absolute Gasteiger partial charge is 0.125 e. The van der Waals surface area contributed by atoms with Crippen LogP contribution in [0.1, 0.15) is 5.82 Å². The normalized spacial score (nSPS) is 11.4. The van der Waals surface area contributed by atoms with Crippen LogP contribution in [-0.2, 0) is 0 Å². The summed E-state index contributed by atoms with van der Waals surface area (Å²) in [6, 6.07) is 2.04. The van der Waals surface area contributed by atoms with Gasteiger partial charge in [-0.3, -0.25) is 0 Å². The minimum atomic E-state index is 0.790. The van der Waals surface area contributed by atoms with E-state index in [1.807, 2.05) is 25.4 Å². The topological polar surface area (TPSA) is 54.5 Å². The van der Waals surface area contributed by atoms with Gasteiger partial charge < -0.3 is 4.98 Å². The van der Waals surface area contributed by atoms with Gasteiger partial charge in [0.1, 0.15) is 11.3 Å². The minimum absolute atomic E-state index is 0.790. The molecule has 4 nitrogen and oxygen atoms in total. The van der Waals surface area contributed by atoms with E-state index in [9.17, 15) is 0 Å². The molecule has 0 bridgehead atoms. The summed E-state index contributed by atoms with van der Waals surface area (Å²) in [6.45, 7) is 1.90. The fourth-order valence-electron chi connectivity index (χ4n) is 1.82. The molecule has 0 radical (unpaired) electrons. The van der Waals surface area contributed by atoms with Crippen molar-refractivity contribution < 1.29 is 0 Å². The van der Waals surface area contributed by atoms with Crippen molar-refractivity contribution >= 4 is 33.7 Å². The van der Waals surface area contributed by atoms with Gasteiger partial charge in [0.2, 0.25) is 0 Å². The van der Waals surface area contributed by atoms with Gasteiger partial charge in [-0.05, 0) is 19.2 Å². The van der Waals surface area contributed by atoms with Crippen molar-refractivity contribution in [3.05, 3.63) is 24.4 Å². The lowest BCUT2D eigenvalue weighted by atomic mass is 10.2. The van der Waals surface area contributed by atoms with Gasteiger partial charge in [-0.2, -0.15) is 0 Å². The molecule has 2 aromatic heterocycles. The van der Waals surface area contributed by atoms with E-state index in [2.05, 4.69) is 19.9 Å². The largest absolute Gasteiger partial charge is 0.345 e. The van der Waals surface area contributed by atoms with Crippen LogP contribution < -0.4 is 0 Å². The number of aromatic amines is 1. The molecule has 0 saturated heterocycles. The Kier molecular flexibility index (Phi) is 2.07. The van der Waals surface area contributed by atoms with Gasteiger partial charge >= 0.3 is 0 Å². The molecule has 0 unspecified atom stereocenters. The molecule has 5 heteroatoms. The van der Waals surface area contributed by atoms with Crippen molar-refractivity contribution in [3.8, 4) is 0 Å². The van der Waals surface area contributed by atoms with E-state index in [-0.39, 0.29) is 0 Å². The molecule has 0 fully saturated rings. The molecular formula is C11H10N4S. The van der Waals surface area contributed by atoms with E-state index >= 15 is 0 Å². The second kappa shape index (κ2) is 3.45. The second-order valence-electron chi connectivity index (χ2n) is 3.56. The van der Waals surface area contributed by atoms with E-state index in [0.717, 1.165) is 32.7 Å². The average Bonchev–Trinajstić information content (AvgIpc) is 2.73. The molecule has 3 aromatic rings. The van der Waals surface area contributed by atoms with E-state index in [0.29, 0.717) is 0 Å². The lowest BCUT2D eigenvalue weighted by Gasteiger charge is -2.04. The molecule has 0 saturated carbocycles. The van der Waals surface area contributed by atoms with E-state index < -0.39 is 0 Å². The number of hydrogen-bond donors (Lipinski definition) is 1. The molecule has 3 rings (SSSR count). The van der Waals surface area contributed by atoms with Crippen molar-refractivity contribution in [2.75, 3.05) is 6.26 Å². The first-order valence-corrected chi connectivity index (χ1v) is 6.15. The standard InChI is InChI=1S/C11H10N4S/c1-6-12-4-7-3-8-10(14-5-13-8)11(16-2)9(7)15-6/h3-5H,1-2H3,(H,13,14). The third-order valence-corrected chi connectivity index (χ3v) is 3.34. The van der Waals surface area contributed by atoms with Crippen LogP contribution in [0.5, 0.6) is 0 Å². The van der Waals surface area contributed by atoms with Crippen LogP contribution in [0.25, 0.3) is 21.9 Å². The molecular weight excluding hydrogens is 220 g/mol. The second-order valence-corrected chi connectivity index (χ2v) is 4.38. The highest BCUT2D eigenvalue weighted by atomic mass is 32.2. The van der Waals surface area contributed by atoms with Crippen LogP contribution in [0.15, 0.2) is 23.5 Å². The molecule has 80 valence electrons. The molecule has 0 spiro atoms. The summed E-state index contributed by atoms with van der Waals surface area (Å²) in [5.41, 5.74) is 3.00. The van der Waals surface area contributed by atoms with Crippen LogP contribution in [-0.4, -0.2) is 26.2 Å². The number of thioether (sulfide) groups is 1. The Morgan fingerprint density at radius 3 is 2.94 bits per heavy atom. The minimum Gasteiger partial charge on any atom is -0.345 e. The van der Waals surface area contributed by atoms with Gasteiger partial charge in [0.05, 0.1) is 22.3 Å². The molecule has 2 heterocycles. The predicted octanol–water partition coefficient (Wildman–Crippen LogP) is 2.54. The Hall–Kier alpha value is -1.62. The number of nitrogens with one attached hydrogen (secondary N) is 1. The van der Waals surface area contributed by atoms with Crippen LogP contribution >= 0.6 is 11.8 Å². The number of fused-ring (bicyclic) bond motifs is 2. The Bertz CT molecular complexity index is 674. The summed E-state index contributed by atoms with van der Waals surface area (Å²) in [6.07, 6.45) is 5.61. The predicted molar refractivity (Wildman–Crippen MR) is 65.7 cm³/mol. The van der Waals surface area contributed by atoms with E-state index in [1.54, 1.807) is 18.1 Å². The van der Waals surface area contributed by atoms with Crippen molar-refractivity contribution in [1.82, 2.24) is 19.9 Å². The maximum atomic E-state index is 4.49. The number of imidazole rings is 1. The summed E-state index contributed by atoms with van der Waals surface area (Å²) < 4.78 is 0. The van der Waals surface area contributed by atoms with E-state index in [4.69, 9.17) is 0 Å². The summed E-state index contributed by atoms with van der Waals surface area (Å²) in [5.74, 6) is 0.790. The average molecular weight is 230 g/mol. The Morgan fingerprint density at radius 1 is 1.25 bits per heavy atom. The number of aryl methyl sites for hydroxylation is 1. The van der Waals surface area contributed by atoms with Gasteiger partial charge in [0.15, 0.2) is 0 Å². The van der Waals surface area contributed by atoms with Crippen LogP contribution in [0.4, 0.5) is 0 Å². The Morgan fingerprint density at radius 2 is 2.12 bits per heavy atom.